The van der Waals surface area contributed by atoms with E-state index < -0.39 is 0 Å². The highest BCUT2D eigenvalue weighted by atomic mass is 15.4. The minimum Gasteiger partial charge on any atom is -0.347 e. The van der Waals surface area contributed by atoms with Crippen LogP contribution in [0.4, 0.5) is 5.95 Å². The minimum absolute atomic E-state index is 0.537. The lowest BCUT2D eigenvalue weighted by atomic mass is 10.2. The van der Waals surface area contributed by atoms with Crippen LogP contribution in [0.15, 0.2) is 55.0 Å². The summed E-state index contributed by atoms with van der Waals surface area (Å²) in [4.78, 5) is 16.1. The zero-order valence-electron chi connectivity index (χ0n) is 11.6. The van der Waals surface area contributed by atoms with Crippen molar-refractivity contribution in [2.45, 2.75) is 6.54 Å². The van der Waals surface area contributed by atoms with E-state index in [2.05, 4.69) is 30.4 Å². The van der Waals surface area contributed by atoms with E-state index in [0.717, 1.165) is 17.1 Å². The Morgan fingerprint density at radius 3 is 2.86 bits per heavy atom. The number of imidazole rings is 1. The van der Waals surface area contributed by atoms with Crippen molar-refractivity contribution in [2.75, 3.05) is 5.32 Å². The first-order valence-corrected chi connectivity index (χ1v) is 6.89. The van der Waals surface area contributed by atoms with Crippen LogP contribution in [-0.4, -0.2) is 29.5 Å². The second kappa shape index (κ2) is 5.28. The van der Waals surface area contributed by atoms with E-state index in [1.807, 2.05) is 48.8 Å². The van der Waals surface area contributed by atoms with Crippen LogP contribution in [0, 0.1) is 0 Å². The van der Waals surface area contributed by atoms with Crippen LogP contribution in [0.25, 0.3) is 17.2 Å². The molecule has 0 aliphatic heterocycles. The first kappa shape index (κ1) is 12.5. The minimum atomic E-state index is 0.537. The van der Waals surface area contributed by atoms with Crippen LogP contribution in [0.2, 0.25) is 0 Å². The molecule has 1 aromatic carbocycles. The summed E-state index contributed by atoms with van der Waals surface area (Å²) in [6.45, 7) is 0.566. The van der Waals surface area contributed by atoms with Gasteiger partial charge in [-0.1, -0.05) is 30.3 Å². The zero-order chi connectivity index (χ0) is 14.8. The van der Waals surface area contributed by atoms with Crippen LogP contribution < -0.4 is 5.32 Å². The summed E-state index contributed by atoms with van der Waals surface area (Å²) in [5.74, 6) is 1.95. The van der Waals surface area contributed by atoms with Crippen molar-refractivity contribution in [2.24, 2.45) is 0 Å². The number of hydrogen-bond donors (Lipinski definition) is 2. The number of rotatable bonds is 4. The molecule has 2 N–H and O–H groups in total. The van der Waals surface area contributed by atoms with Gasteiger partial charge in [0.1, 0.15) is 5.82 Å². The number of nitrogens with zero attached hydrogens (tertiary/aromatic N) is 5. The van der Waals surface area contributed by atoms with E-state index >= 15 is 0 Å². The highest BCUT2D eigenvalue weighted by Gasteiger charge is 2.06. The van der Waals surface area contributed by atoms with Crippen LogP contribution in [0.3, 0.4) is 0 Å². The topological polar surface area (TPSA) is 83.8 Å². The van der Waals surface area contributed by atoms with Gasteiger partial charge in [-0.15, -0.1) is 5.10 Å². The fourth-order valence-electron chi connectivity index (χ4n) is 2.17. The molecule has 0 aliphatic rings. The van der Waals surface area contributed by atoms with Gasteiger partial charge in [0, 0.05) is 18.0 Å². The third-order valence-electron chi connectivity index (χ3n) is 3.23. The third kappa shape index (κ3) is 2.39. The summed E-state index contributed by atoms with van der Waals surface area (Å²) in [7, 11) is 0. The van der Waals surface area contributed by atoms with E-state index in [0.29, 0.717) is 18.3 Å². The molecule has 0 saturated heterocycles. The SMILES string of the molecule is c1ccc(-c2ncc(CNc3nc4ncccn4n3)[nH]2)cc1. The Balaban J connectivity index is 1.49. The van der Waals surface area contributed by atoms with E-state index in [9.17, 15) is 0 Å². The fraction of sp³-hybridized carbons (Fsp3) is 0.0667. The van der Waals surface area contributed by atoms with Crippen LogP contribution in [0.1, 0.15) is 5.69 Å². The van der Waals surface area contributed by atoms with E-state index in [1.54, 1.807) is 10.7 Å². The number of aromatic nitrogens is 6. The second-order valence-electron chi connectivity index (χ2n) is 4.78. The maximum Gasteiger partial charge on any atom is 0.253 e. The molecule has 0 aliphatic carbocycles. The summed E-state index contributed by atoms with van der Waals surface area (Å²) >= 11 is 0. The molecular formula is C15H13N7. The van der Waals surface area contributed by atoms with E-state index in [4.69, 9.17) is 0 Å². The standard InChI is InChI=1S/C15H13N7/c1-2-5-11(6-3-1)13-17-9-12(19-13)10-18-14-20-15-16-7-4-8-22(15)21-14/h1-9H,10H2,(H,17,19)(H,18,21). The predicted molar refractivity (Wildman–Crippen MR) is 82.1 cm³/mol. The van der Waals surface area contributed by atoms with Crippen molar-refractivity contribution in [3.05, 3.63) is 60.7 Å². The average Bonchev–Trinajstić information content (AvgIpc) is 3.20. The first-order valence-electron chi connectivity index (χ1n) is 6.89. The zero-order valence-corrected chi connectivity index (χ0v) is 11.6. The summed E-state index contributed by atoms with van der Waals surface area (Å²) in [6, 6.07) is 11.8. The maximum absolute atomic E-state index is 4.39. The van der Waals surface area contributed by atoms with E-state index in [1.165, 1.54) is 0 Å². The Kier molecular flexibility index (Phi) is 3.01. The number of H-pyrrole nitrogens is 1. The Morgan fingerprint density at radius 1 is 1.09 bits per heavy atom. The first-order chi connectivity index (χ1) is 10.9. The fourth-order valence-corrected chi connectivity index (χ4v) is 2.17. The summed E-state index contributed by atoms with van der Waals surface area (Å²) in [5.41, 5.74) is 2.02. The highest BCUT2D eigenvalue weighted by molar-refractivity contribution is 5.54. The van der Waals surface area contributed by atoms with Crippen LogP contribution in [0.5, 0.6) is 0 Å². The molecule has 0 spiro atoms. The number of nitrogens with one attached hydrogen (secondary N) is 2. The smallest absolute Gasteiger partial charge is 0.253 e. The van der Waals surface area contributed by atoms with Crippen molar-refractivity contribution < 1.29 is 0 Å². The highest BCUT2D eigenvalue weighted by Crippen LogP contribution is 2.15. The molecule has 3 heterocycles. The predicted octanol–water partition coefficient (Wildman–Crippen LogP) is 2.13. The van der Waals surface area contributed by atoms with Gasteiger partial charge >= 0.3 is 0 Å². The number of benzene rings is 1. The summed E-state index contributed by atoms with van der Waals surface area (Å²) < 4.78 is 1.63. The number of anilines is 1. The van der Waals surface area contributed by atoms with E-state index in [-0.39, 0.29) is 0 Å². The largest absolute Gasteiger partial charge is 0.347 e. The molecule has 4 aromatic rings. The Labute approximate surface area is 126 Å². The van der Waals surface area contributed by atoms with Gasteiger partial charge in [0.05, 0.1) is 18.4 Å². The molecule has 0 amide bonds. The average molecular weight is 291 g/mol. The number of hydrogen-bond acceptors (Lipinski definition) is 5. The van der Waals surface area contributed by atoms with Crippen LogP contribution in [-0.2, 0) is 6.54 Å². The molecule has 7 nitrogen and oxygen atoms in total. The molecule has 0 bridgehead atoms. The molecule has 4 rings (SSSR count). The van der Waals surface area contributed by atoms with Gasteiger partial charge in [0.2, 0.25) is 5.95 Å². The van der Waals surface area contributed by atoms with Crippen LogP contribution >= 0.6 is 0 Å². The van der Waals surface area contributed by atoms with Crippen molar-refractivity contribution >= 4 is 11.7 Å². The maximum atomic E-state index is 4.39. The Morgan fingerprint density at radius 2 is 2.00 bits per heavy atom. The molecule has 0 fully saturated rings. The van der Waals surface area contributed by atoms with Crippen molar-refractivity contribution in [3.8, 4) is 11.4 Å². The molecule has 22 heavy (non-hydrogen) atoms. The molecule has 7 heteroatoms. The Hall–Kier alpha value is -3.22. The van der Waals surface area contributed by atoms with Crippen molar-refractivity contribution in [1.82, 2.24) is 29.5 Å². The lowest BCUT2D eigenvalue weighted by Gasteiger charge is -1.98. The normalized spacial score (nSPS) is 10.9. The molecule has 0 radical (unpaired) electrons. The Bertz CT molecular complexity index is 861. The number of fused-ring (bicyclic) bond motifs is 1. The third-order valence-corrected chi connectivity index (χ3v) is 3.23. The van der Waals surface area contributed by atoms with Gasteiger partial charge in [-0.2, -0.15) is 4.98 Å². The van der Waals surface area contributed by atoms with Gasteiger partial charge in [0.25, 0.3) is 5.78 Å². The molecule has 0 atom stereocenters. The number of aromatic amines is 1. The van der Waals surface area contributed by atoms with Crippen molar-refractivity contribution in [3.63, 3.8) is 0 Å². The quantitative estimate of drug-likeness (QED) is 0.601. The van der Waals surface area contributed by atoms with Gasteiger partial charge in [-0.3, -0.25) is 0 Å². The van der Waals surface area contributed by atoms with Gasteiger partial charge in [-0.25, -0.2) is 14.5 Å². The molecule has 0 unspecified atom stereocenters. The summed E-state index contributed by atoms with van der Waals surface area (Å²) in [5, 5.41) is 7.45. The monoisotopic (exact) mass is 291 g/mol. The molecule has 3 aromatic heterocycles. The van der Waals surface area contributed by atoms with Crippen molar-refractivity contribution in [1.29, 1.82) is 0 Å². The van der Waals surface area contributed by atoms with Gasteiger partial charge < -0.3 is 10.3 Å². The molecular weight excluding hydrogens is 278 g/mol. The molecule has 0 saturated carbocycles. The lowest BCUT2D eigenvalue weighted by molar-refractivity contribution is 0.929. The van der Waals surface area contributed by atoms with Gasteiger partial charge in [-0.05, 0) is 6.07 Å². The second-order valence-corrected chi connectivity index (χ2v) is 4.78. The molecule has 108 valence electrons. The lowest BCUT2D eigenvalue weighted by Crippen LogP contribution is -2.01. The van der Waals surface area contributed by atoms with Gasteiger partial charge in [0.15, 0.2) is 0 Å². The summed E-state index contributed by atoms with van der Waals surface area (Å²) in [6.07, 6.45) is 5.31.